The molecule has 1 atom stereocenters. The van der Waals surface area contributed by atoms with Crippen LogP contribution < -0.4 is 15.0 Å². The Kier molecular flexibility index (Phi) is 6.16. The third-order valence-electron chi connectivity index (χ3n) is 5.70. The first kappa shape index (κ1) is 20.8. The lowest BCUT2D eigenvalue weighted by atomic mass is 9.95. The molecule has 0 spiro atoms. The first-order valence-corrected chi connectivity index (χ1v) is 10.5. The van der Waals surface area contributed by atoms with E-state index in [4.69, 9.17) is 9.26 Å². The Morgan fingerprint density at radius 1 is 1.23 bits per heavy atom. The zero-order valence-electron chi connectivity index (χ0n) is 18.0. The van der Waals surface area contributed by atoms with Crippen LogP contribution in [0, 0.1) is 12.8 Å². The molecule has 162 valence electrons. The van der Waals surface area contributed by atoms with Crippen LogP contribution in [0.15, 0.2) is 47.1 Å². The number of piperidine rings is 1. The molecule has 1 amide bonds. The summed E-state index contributed by atoms with van der Waals surface area (Å²) in [4.78, 5) is 23.9. The van der Waals surface area contributed by atoms with E-state index in [2.05, 4.69) is 25.3 Å². The molecule has 1 saturated heterocycles. The number of rotatable bonds is 6. The van der Waals surface area contributed by atoms with Crippen molar-refractivity contribution in [2.45, 2.75) is 32.7 Å². The maximum Gasteiger partial charge on any atom is 0.223 e. The van der Waals surface area contributed by atoms with Gasteiger partial charge in [0.1, 0.15) is 11.6 Å². The van der Waals surface area contributed by atoms with Crippen molar-refractivity contribution in [3.8, 4) is 17.1 Å². The molecule has 0 aliphatic carbocycles. The van der Waals surface area contributed by atoms with E-state index in [1.807, 2.05) is 43.3 Å². The molecule has 0 radical (unpaired) electrons. The van der Waals surface area contributed by atoms with Crippen molar-refractivity contribution >= 4 is 11.7 Å². The number of carbonyl (C=O) groups is 1. The second-order valence-electron chi connectivity index (χ2n) is 7.78. The van der Waals surface area contributed by atoms with E-state index in [1.165, 1.54) is 0 Å². The van der Waals surface area contributed by atoms with Crippen molar-refractivity contribution in [2.75, 3.05) is 25.1 Å². The number of nitrogens with zero attached hydrogens (tertiary/aromatic N) is 4. The van der Waals surface area contributed by atoms with E-state index < -0.39 is 0 Å². The molecular weight excluding hydrogens is 394 g/mol. The van der Waals surface area contributed by atoms with Crippen LogP contribution in [-0.2, 0) is 4.79 Å². The van der Waals surface area contributed by atoms with Crippen molar-refractivity contribution in [2.24, 2.45) is 5.92 Å². The molecule has 0 saturated carbocycles. The topological polar surface area (TPSA) is 93.4 Å². The average Bonchev–Trinajstić information content (AvgIpc) is 3.25. The monoisotopic (exact) mass is 421 g/mol. The molecule has 1 aliphatic rings. The third kappa shape index (κ3) is 4.68. The predicted molar refractivity (Wildman–Crippen MR) is 117 cm³/mol. The minimum atomic E-state index is -0.0553. The van der Waals surface area contributed by atoms with Gasteiger partial charge >= 0.3 is 0 Å². The number of aromatic nitrogens is 3. The molecule has 8 heteroatoms. The zero-order chi connectivity index (χ0) is 21.8. The summed E-state index contributed by atoms with van der Waals surface area (Å²) in [5.41, 5.74) is 1.90. The van der Waals surface area contributed by atoms with Gasteiger partial charge in [0.25, 0.3) is 0 Å². The molecule has 3 heterocycles. The molecule has 4 rings (SSSR count). The van der Waals surface area contributed by atoms with Gasteiger partial charge in [-0.25, -0.2) is 4.98 Å². The average molecular weight is 422 g/mol. The Bertz CT molecular complexity index is 1030. The summed E-state index contributed by atoms with van der Waals surface area (Å²) >= 11 is 0. The highest BCUT2D eigenvalue weighted by atomic mass is 16.5. The van der Waals surface area contributed by atoms with Gasteiger partial charge in [0.15, 0.2) is 0 Å². The number of amides is 1. The molecule has 3 aromatic rings. The van der Waals surface area contributed by atoms with Gasteiger partial charge in [0.05, 0.1) is 18.7 Å². The first-order chi connectivity index (χ1) is 15.0. The minimum Gasteiger partial charge on any atom is -0.497 e. The van der Waals surface area contributed by atoms with Gasteiger partial charge in [-0.05, 0) is 49.6 Å². The SMILES string of the molecule is COc1ccc([C@@H](C)NC(=O)C2CCN(c3ncccc3-c3noc(C)n3)CC2)cc1. The van der Waals surface area contributed by atoms with Gasteiger partial charge in [0, 0.05) is 32.1 Å². The number of carbonyl (C=O) groups excluding carboxylic acids is 1. The fourth-order valence-corrected chi connectivity index (χ4v) is 3.89. The standard InChI is InChI=1S/C23H27N5O3/c1-15(17-6-8-19(30-3)9-7-17)25-23(29)18-10-13-28(14-11-18)22-20(5-4-12-24-22)21-26-16(2)31-27-21/h4-9,12,15,18H,10-11,13-14H2,1-3H3,(H,25,29)/t15-/m1/s1. The van der Waals surface area contributed by atoms with Crippen LogP contribution in [0.5, 0.6) is 5.75 Å². The molecule has 2 aromatic heterocycles. The number of nitrogens with one attached hydrogen (secondary N) is 1. The van der Waals surface area contributed by atoms with Crippen molar-refractivity contribution < 1.29 is 14.1 Å². The molecule has 0 unspecified atom stereocenters. The van der Waals surface area contributed by atoms with Gasteiger partial charge in [0.2, 0.25) is 17.6 Å². The molecule has 31 heavy (non-hydrogen) atoms. The van der Waals surface area contributed by atoms with E-state index in [9.17, 15) is 4.79 Å². The maximum absolute atomic E-state index is 12.8. The Hall–Kier alpha value is -3.42. The number of ether oxygens (including phenoxy) is 1. The lowest BCUT2D eigenvalue weighted by Gasteiger charge is -2.33. The zero-order valence-corrected chi connectivity index (χ0v) is 18.0. The molecule has 1 aromatic carbocycles. The van der Waals surface area contributed by atoms with E-state index in [1.54, 1.807) is 20.2 Å². The summed E-state index contributed by atoms with van der Waals surface area (Å²) in [6.07, 6.45) is 3.30. The summed E-state index contributed by atoms with van der Waals surface area (Å²) in [6, 6.07) is 11.5. The maximum atomic E-state index is 12.8. The van der Waals surface area contributed by atoms with Crippen LogP contribution in [0.25, 0.3) is 11.4 Å². The van der Waals surface area contributed by atoms with E-state index in [0.29, 0.717) is 11.7 Å². The van der Waals surface area contributed by atoms with Crippen LogP contribution in [0.3, 0.4) is 0 Å². The fourth-order valence-electron chi connectivity index (χ4n) is 3.89. The van der Waals surface area contributed by atoms with Crippen molar-refractivity contribution in [1.29, 1.82) is 0 Å². The lowest BCUT2D eigenvalue weighted by Crippen LogP contribution is -2.41. The lowest BCUT2D eigenvalue weighted by molar-refractivity contribution is -0.126. The van der Waals surface area contributed by atoms with Crippen LogP contribution in [-0.4, -0.2) is 41.2 Å². The van der Waals surface area contributed by atoms with Crippen LogP contribution >= 0.6 is 0 Å². The first-order valence-electron chi connectivity index (χ1n) is 10.5. The second-order valence-corrected chi connectivity index (χ2v) is 7.78. The van der Waals surface area contributed by atoms with Gasteiger partial charge < -0.3 is 19.5 Å². The number of anilines is 1. The van der Waals surface area contributed by atoms with Gasteiger partial charge in [-0.3, -0.25) is 4.79 Å². The highest BCUT2D eigenvalue weighted by molar-refractivity contribution is 5.79. The summed E-state index contributed by atoms with van der Waals surface area (Å²) < 4.78 is 10.3. The number of methoxy groups -OCH3 is 1. The van der Waals surface area contributed by atoms with Crippen LogP contribution in [0.1, 0.15) is 37.3 Å². The normalized spacial score (nSPS) is 15.5. The number of aryl methyl sites for hydroxylation is 1. The van der Waals surface area contributed by atoms with Crippen molar-refractivity contribution in [3.05, 3.63) is 54.0 Å². The van der Waals surface area contributed by atoms with E-state index in [0.717, 1.165) is 48.6 Å². The summed E-state index contributed by atoms with van der Waals surface area (Å²) in [5.74, 6) is 2.77. The van der Waals surface area contributed by atoms with Crippen LogP contribution in [0.2, 0.25) is 0 Å². The Balaban J connectivity index is 1.37. The molecule has 8 nitrogen and oxygen atoms in total. The summed E-state index contributed by atoms with van der Waals surface area (Å²) in [5, 5.41) is 7.18. The van der Waals surface area contributed by atoms with E-state index in [-0.39, 0.29) is 17.9 Å². The third-order valence-corrected chi connectivity index (χ3v) is 5.70. The van der Waals surface area contributed by atoms with Crippen molar-refractivity contribution in [3.63, 3.8) is 0 Å². The van der Waals surface area contributed by atoms with E-state index >= 15 is 0 Å². The van der Waals surface area contributed by atoms with Gasteiger partial charge in [-0.1, -0.05) is 17.3 Å². The molecule has 1 fully saturated rings. The number of pyridine rings is 1. The fraction of sp³-hybridized carbons (Fsp3) is 0.391. The van der Waals surface area contributed by atoms with Crippen LogP contribution in [0.4, 0.5) is 5.82 Å². The molecular formula is C23H27N5O3. The summed E-state index contributed by atoms with van der Waals surface area (Å²) in [6.45, 7) is 5.26. The number of benzene rings is 1. The minimum absolute atomic E-state index is 0.0171. The highest BCUT2D eigenvalue weighted by Crippen LogP contribution is 2.30. The predicted octanol–water partition coefficient (Wildman–Crippen LogP) is 3.54. The second kappa shape index (κ2) is 9.16. The smallest absolute Gasteiger partial charge is 0.223 e. The summed E-state index contributed by atoms with van der Waals surface area (Å²) in [7, 11) is 1.64. The molecule has 0 bridgehead atoms. The Labute approximate surface area is 181 Å². The van der Waals surface area contributed by atoms with Gasteiger partial charge in [-0.2, -0.15) is 4.98 Å². The molecule has 1 N–H and O–H groups in total. The largest absolute Gasteiger partial charge is 0.497 e. The number of hydrogen-bond acceptors (Lipinski definition) is 7. The Morgan fingerprint density at radius 2 is 1.97 bits per heavy atom. The highest BCUT2D eigenvalue weighted by Gasteiger charge is 2.28. The van der Waals surface area contributed by atoms with Gasteiger partial charge in [-0.15, -0.1) is 0 Å². The quantitative estimate of drug-likeness (QED) is 0.651. The molecule has 1 aliphatic heterocycles. The van der Waals surface area contributed by atoms with Crippen molar-refractivity contribution in [1.82, 2.24) is 20.4 Å². The number of hydrogen-bond donors (Lipinski definition) is 1. The Morgan fingerprint density at radius 3 is 2.61 bits per heavy atom.